The zero-order valence-electron chi connectivity index (χ0n) is 19.3. The van der Waals surface area contributed by atoms with Crippen LogP contribution in [0.2, 0.25) is 0 Å². The molecular formula is C23H28F3N7OS. The Balaban J connectivity index is 2.26. The molecular weight excluding hydrogens is 479 g/mol. The Hall–Kier alpha value is -3.67. The number of pyridine rings is 1. The van der Waals surface area contributed by atoms with Crippen LogP contribution < -0.4 is 26.9 Å². The molecule has 0 spiro atoms. The number of halogens is 3. The summed E-state index contributed by atoms with van der Waals surface area (Å²) in [5, 5.41) is 9.58. The van der Waals surface area contributed by atoms with Gasteiger partial charge in [-0.25, -0.2) is 9.98 Å². The van der Waals surface area contributed by atoms with Gasteiger partial charge in [0.05, 0.1) is 11.4 Å². The van der Waals surface area contributed by atoms with E-state index in [0.717, 1.165) is 23.4 Å². The molecule has 35 heavy (non-hydrogen) atoms. The maximum Gasteiger partial charge on any atom is 0.416 e. The molecule has 0 saturated carbocycles. The second-order valence-corrected chi connectivity index (χ2v) is 7.93. The normalized spacial score (nSPS) is 12.9. The zero-order chi connectivity index (χ0) is 25.7. The minimum atomic E-state index is -4.43. The molecule has 188 valence electrons. The average Bonchev–Trinajstić information content (AvgIpc) is 2.84. The fourth-order valence-corrected chi connectivity index (χ4v) is 3.14. The van der Waals surface area contributed by atoms with Crippen molar-refractivity contribution in [3.05, 3.63) is 66.3 Å². The van der Waals surface area contributed by atoms with Gasteiger partial charge >= 0.3 is 6.18 Å². The van der Waals surface area contributed by atoms with E-state index in [1.807, 2.05) is 19.2 Å². The third kappa shape index (κ3) is 9.61. The molecule has 0 bridgehead atoms. The molecule has 1 aromatic heterocycles. The molecule has 2 rings (SSSR count). The molecule has 0 radical (unpaired) electrons. The van der Waals surface area contributed by atoms with E-state index < -0.39 is 11.7 Å². The number of nitrogens with zero attached hydrogens (tertiary/aromatic N) is 3. The van der Waals surface area contributed by atoms with E-state index in [0.29, 0.717) is 23.3 Å². The van der Waals surface area contributed by atoms with Crippen molar-refractivity contribution in [3.8, 4) is 11.5 Å². The van der Waals surface area contributed by atoms with Crippen LogP contribution in [0.4, 0.5) is 19.0 Å². The highest BCUT2D eigenvalue weighted by atomic mass is 32.2. The van der Waals surface area contributed by atoms with E-state index in [4.69, 9.17) is 16.3 Å². The summed E-state index contributed by atoms with van der Waals surface area (Å²) < 4.78 is 44.6. The third-order valence-corrected chi connectivity index (χ3v) is 5.11. The van der Waals surface area contributed by atoms with Gasteiger partial charge in [-0.1, -0.05) is 13.0 Å². The molecule has 0 atom stereocenters. The molecule has 0 aliphatic carbocycles. The standard InChI is InChI=1S/C23H28F3N7OS/c1-3-5-11-29-15-35-18-13-19(34-17-8-6-16(7-9-17)23(24,25)26)22(31-14-18)32-21(4-2)30-12-10-20(27)33-28/h4-9,11-14,29H,3,10,15,28H2,1-2H3,(H2,27,33)(H,31,32)/b11-5-,21-4+,30-12-. The minimum Gasteiger partial charge on any atom is -0.453 e. The maximum absolute atomic E-state index is 12.9. The summed E-state index contributed by atoms with van der Waals surface area (Å²) >= 11 is 1.49. The number of allylic oxidation sites excluding steroid dienone is 2. The van der Waals surface area contributed by atoms with Crippen LogP contribution >= 0.6 is 11.8 Å². The first-order valence-electron chi connectivity index (χ1n) is 10.6. The van der Waals surface area contributed by atoms with Gasteiger partial charge < -0.3 is 26.9 Å². The lowest BCUT2D eigenvalue weighted by atomic mass is 10.2. The Morgan fingerprint density at radius 2 is 2.00 bits per heavy atom. The van der Waals surface area contributed by atoms with Gasteiger partial charge in [0.15, 0.2) is 11.6 Å². The van der Waals surface area contributed by atoms with Crippen molar-refractivity contribution in [2.45, 2.75) is 37.8 Å². The lowest BCUT2D eigenvalue weighted by Crippen LogP contribution is -2.14. The van der Waals surface area contributed by atoms with Gasteiger partial charge in [-0.05, 0) is 56.0 Å². The summed E-state index contributed by atoms with van der Waals surface area (Å²) in [4.78, 5) is 9.50. The predicted molar refractivity (Wildman–Crippen MR) is 135 cm³/mol. The molecule has 0 fully saturated rings. The number of nitrogens with one attached hydrogen (secondary N) is 2. The van der Waals surface area contributed by atoms with Crippen LogP contribution in [0.5, 0.6) is 11.5 Å². The molecule has 1 aromatic carbocycles. The number of hydrazone groups is 1. The summed E-state index contributed by atoms with van der Waals surface area (Å²) in [5.74, 6) is 7.26. The fourth-order valence-electron chi connectivity index (χ4n) is 2.48. The Morgan fingerprint density at radius 1 is 1.26 bits per heavy atom. The minimum absolute atomic E-state index is 0.220. The number of amidine groups is 1. The van der Waals surface area contributed by atoms with Gasteiger partial charge in [0.2, 0.25) is 0 Å². The maximum atomic E-state index is 12.9. The zero-order valence-corrected chi connectivity index (χ0v) is 20.2. The number of ether oxygens (including phenoxy) is 1. The molecule has 12 heteroatoms. The quantitative estimate of drug-likeness (QED) is 0.0575. The molecule has 6 N–H and O–H groups in total. The topological polar surface area (TPSA) is 123 Å². The molecule has 8 nitrogen and oxygen atoms in total. The second kappa shape index (κ2) is 13.9. The van der Waals surface area contributed by atoms with E-state index in [9.17, 15) is 13.2 Å². The number of alkyl halides is 3. The number of thioether (sulfide) groups is 1. The SMILES string of the molecule is C/C=C(\N=C/C/C(N)=N/N)Nc1ncc(SCN/C=C\CC)cc1Oc1ccc(C(F)(F)F)cc1. The van der Waals surface area contributed by atoms with Crippen molar-refractivity contribution in [1.82, 2.24) is 10.3 Å². The first kappa shape index (κ1) is 27.6. The van der Waals surface area contributed by atoms with Crippen molar-refractivity contribution in [2.75, 3.05) is 11.2 Å². The van der Waals surface area contributed by atoms with Crippen LogP contribution in [0.15, 0.2) is 75.7 Å². The van der Waals surface area contributed by atoms with Crippen LogP contribution in [0, 0.1) is 0 Å². The number of hydrogen-bond acceptors (Lipinski definition) is 8. The van der Waals surface area contributed by atoms with Crippen LogP contribution in [-0.2, 0) is 6.18 Å². The van der Waals surface area contributed by atoms with E-state index in [1.54, 1.807) is 25.3 Å². The van der Waals surface area contributed by atoms with E-state index >= 15 is 0 Å². The van der Waals surface area contributed by atoms with Crippen molar-refractivity contribution in [1.29, 1.82) is 0 Å². The fraction of sp³-hybridized carbons (Fsp3) is 0.261. The molecule has 2 aromatic rings. The van der Waals surface area contributed by atoms with Gasteiger partial charge in [0.1, 0.15) is 17.4 Å². The monoisotopic (exact) mass is 507 g/mol. The first-order chi connectivity index (χ1) is 16.8. The Morgan fingerprint density at radius 3 is 2.63 bits per heavy atom. The number of rotatable bonds is 12. The highest BCUT2D eigenvalue weighted by Crippen LogP contribution is 2.35. The van der Waals surface area contributed by atoms with Crippen LogP contribution in [0.3, 0.4) is 0 Å². The summed E-state index contributed by atoms with van der Waals surface area (Å²) in [6.07, 6.45) is 5.52. The molecule has 1 heterocycles. The van der Waals surface area contributed by atoms with Crippen molar-refractivity contribution in [3.63, 3.8) is 0 Å². The van der Waals surface area contributed by atoms with E-state index in [1.165, 1.54) is 30.1 Å². The van der Waals surface area contributed by atoms with E-state index in [-0.39, 0.29) is 18.0 Å². The van der Waals surface area contributed by atoms with Gasteiger partial charge in [0.25, 0.3) is 0 Å². The van der Waals surface area contributed by atoms with Gasteiger partial charge in [0, 0.05) is 23.7 Å². The number of aromatic nitrogens is 1. The molecule has 0 saturated heterocycles. The van der Waals surface area contributed by atoms with Crippen molar-refractivity contribution >= 4 is 29.6 Å². The summed E-state index contributed by atoms with van der Waals surface area (Å²) in [5.41, 5.74) is 4.80. The van der Waals surface area contributed by atoms with Gasteiger partial charge in [-0.15, -0.1) is 11.8 Å². The number of benzene rings is 1. The summed E-state index contributed by atoms with van der Waals surface area (Å²) in [7, 11) is 0. The molecule has 0 unspecified atom stereocenters. The van der Waals surface area contributed by atoms with E-state index in [2.05, 4.69) is 25.7 Å². The Kier molecular flexibility index (Phi) is 10.9. The molecule has 0 amide bonds. The van der Waals surface area contributed by atoms with Gasteiger partial charge in [-0.2, -0.15) is 18.3 Å². The highest BCUT2D eigenvalue weighted by molar-refractivity contribution is 7.99. The second-order valence-electron chi connectivity index (χ2n) is 6.88. The van der Waals surface area contributed by atoms with Crippen LogP contribution in [-0.4, -0.2) is 22.9 Å². The molecule has 0 aliphatic rings. The smallest absolute Gasteiger partial charge is 0.416 e. The lowest BCUT2D eigenvalue weighted by molar-refractivity contribution is -0.137. The Bertz CT molecular complexity index is 1070. The number of aliphatic imine (C=N–C) groups is 1. The molecule has 0 aliphatic heterocycles. The van der Waals surface area contributed by atoms with Crippen LogP contribution in [0.25, 0.3) is 0 Å². The van der Waals surface area contributed by atoms with Gasteiger partial charge in [-0.3, -0.25) is 0 Å². The average molecular weight is 508 g/mol. The number of hydrogen-bond donors (Lipinski definition) is 4. The predicted octanol–water partition coefficient (Wildman–Crippen LogP) is 5.42. The third-order valence-electron chi connectivity index (χ3n) is 4.25. The van der Waals surface area contributed by atoms with Crippen molar-refractivity contribution in [2.24, 2.45) is 21.7 Å². The first-order valence-corrected chi connectivity index (χ1v) is 11.6. The largest absolute Gasteiger partial charge is 0.453 e. The lowest BCUT2D eigenvalue weighted by Gasteiger charge is -2.14. The highest BCUT2D eigenvalue weighted by Gasteiger charge is 2.30. The number of anilines is 1. The van der Waals surface area contributed by atoms with Crippen molar-refractivity contribution < 1.29 is 17.9 Å². The Labute approximate surface area is 206 Å². The summed E-state index contributed by atoms with van der Waals surface area (Å²) in [6.45, 7) is 3.81. The number of nitrogens with two attached hydrogens (primary N) is 2. The summed E-state index contributed by atoms with van der Waals surface area (Å²) in [6, 6.07) is 6.19. The van der Waals surface area contributed by atoms with Crippen LogP contribution in [0.1, 0.15) is 32.3 Å².